The quantitative estimate of drug-likeness (QED) is 0.896. The Morgan fingerprint density at radius 2 is 2.05 bits per heavy atom. The van der Waals surface area contributed by atoms with Crippen molar-refractivity contribution in [2.24, 2.45) is 0 Å². The standard InChI is InChI=1S/C13H9BrF3N3O/c14-11-4-2-9(21-11)5-6-19-12-8(7-18)1-3-10(20-12)13(15,16)17/h1-4H,5-6H2,(H,19,20). The van der Waals surface area contributed by atoms with Gasteiger partial charge in [0.15, 0.2) is 4.67 Å². The van der Waals surface area contributed by atoms with Crippen molar-refractivity contribution in [3.8, 4) is 6.07 Å². The minimum atomic E-state index is -4.55. The molecular formula is C13H9BrF3N3O. The molecule has 1 N–H and O–H groups in total. The number of hydrogen-bond acceptors (Lipinski definition) is 4. The van der Waals surface area contributed by atoms with Gasteiger partial charge in [-0.25, -0.2) is 4.98 Å². The van der Waals surface area contributed by atoms with Gasteiger partial charge in [-0.1, -0.05) is 0 Å². The fourth-order valence-corrected chi connectivity index (χ4v) is 1.97. The molecule has 0 bridgehead atoms. The van der Waals surface area contributed by atoms with E-state index in [4.69, 9.17) is 9.68 Å². The molecule has 0 spiro atoms. The molecule has 0 radical (unpaired) electrons. The molecule has 110 valence electrons. The molecule has 0 atom stereocenters. The fourth-order valence-electron chi connectivity index (χ4n) is 1.63. The summed E-state index contributed by atoms with van der Waals surface area (Å²) in [4.78, 5) is 3.45. The van der Waals surface area contributed by atoms with E-state index < -0.39 is 11.9 Å². The van der Waals surface area contributed by atoms with Crippen molar-refractivity contribution in [1.82, 2.24) is 4.98 Å². The molecule has 0 aromatic carbocycles. The van der Waals surface area contributed by atoms with Gasteiger partial charge in [-0.15, -0.1) is 0 Å². The third kappa shape index (κ3) is 3.98. The largest absolute Gasteiger partial charge is 0.454 e. The second-order valence-electron chi connectivity index (χ2n) is 4.08. The maximum atomic E-state index is 12.6. The Hall–Kier alpha value is -2.01. The van der Waals surface area contributed by atoms with Crippen molar-refractivity contribution < 1.29 is 17.6 Å². The van der Waals surface area contributed by atoms with E-state index in [1.165, 1.54) is 0 Å². The van der Waals surface area contributed by atoms with Crippen LogP contribution in [0.4, 0.5) is 19.0 Å². The van der Waals surface area contributed by atoms with Gasteiger partial charge in [-0.05, 0) is 40.2 Å². The van der Waals surface area contributed by atoms with Crippen LogP contribution in [0.1, 0.15) is 17.0 Å². The lowest BCUT2D eigenvalue weighted by Crippen LogP contribution is -2.13. The van der Waals surface area contributed by atoms with Crippen LogP contribution in [0.5, 0.6) is 0 Å². The maximum Gasteiger partial charge on any atom is 0.433 e. The first-order chi connectivity index (χ1) is 9.90. The van der Waals surface area contributed by atoms with E-state index in [2.05, 4.69) is 26.2 Å². The Morgan fingerprint density at radius 3 is 2.62 bits per heavy atom. The van der Waals surface area contributed by atoms with Gasteiger partial charge in [0.1, 0.15) is 23.3 Å². The summed E-state index contributed by atoms with van der Waals surface area (Å²) in [5.41, 5.74) is -0.978. The summed E-state index contributed by atoms with van der Waals surface area (Å²) < 4.78 is 43.6. The van der Waals surface area contributed by atoms with Gasteiger partial charge in [0, 0.05) is 13.0 Å². The summed E-state index contributed by atoms with van der Waals surface area (Å²) >= 11 is 3.16. The zero-order chi connectivity index (χ0) is 15.5. The first-order valence-corrected chi connectivity index (χ1v) is 6.66. The molecule has 2 aromatic rings. The van der Waals surface area contributed by atoms with Crippen LogP contribution in [0, 0.1) is 11.3 Å². The van der Waals surface area contributed by atoms with Crippen molar-refractivity contribution in [1.29, 1.82) is 5.26 Å². The highest BCUT2D eigenvalue weighted by molar-refractivity contribution is 9.10. The van der Waals surface area contributed by atoms with Gasteiger partial charge < -0.3 is 9.73 Å². The Balaban J connectivity index is 2.09. The minimum absolute atomic E-state index is 0.0589. The second-order valence-corrected chi connectivity index (χ2v) is 4.87. The predicted molar refractivity (Wildman–Crippen MR) is 72.6 cm³/mol. The number of aromatic nitrogens is 1. The molecule has 0 unspecified atom stereocenters. The van der Waals surface area contributed by atoms with Crippen LogP contribution in [-0.4, -0.2) is 11.5 Å². The van der Waals surface area contributed by atoms with Crippen molar-refractivity contribution in [2.75, 3.05) is 11.9 Å². The number of furan rings is 1. The van der Waals surface area contributed by atoms with Gasteiger partial charge in [0.05, 0.1) is 5.56 Å². The normalized spacial score (nSPS) is 11.2. The van der Waals surface area contributed by atoms with Crippen molar-refractivity contribution in [3.05, 3.63) is 46.0 Å². The maximum absolute atomic E-state index is 12.6. The highest BCUT2D eigenvalue weighted by Gasteiger charge is 2.33. The van der Waals surface area contributed by atoms with E-state index in [0.717, 1.165) is 12.1 Å². The lowest BCUT2D eigenvalue weighted by molar-refractivity contribution is -0.141. The lowest BCUT2D eigenvalue weighted by Gasteiger charge is -2.10. The number of alkyl halides is 3. The molecule has 0 aliphatic heterocycles. The van der Waals surface area contributed by atoms with Crippen LogP contribution in [0.3, 0.4) is 0 Å². The van der Waals surface area contributed by atoms with E-state index in [1.54, 1.807) is 18.2 Å². The van der Waals surface area contributed by atoms with Gasteiger partial charge >= 0.3 is 6.18 Å². The smallest absolute Gasteiger partial charge is 0.433 e. The van der Waals surface area contributed by atoms with E-state index in [1.807, 2.05) is 0 Å². The van der Waals surface area contributed by atoms with Crippen LogP contribution in [0.25, 0.3) is 0 Å². The van der Waals surface area contributed by atoms with Crippen LogP contribution in [0.2, 0.25) is 0 Å². The number of nitriles is 1. The van der Waals surface area contributed by atoms with Gasteiger partial charge in [-0.3, -0.25) is 0 Å². The molecule has 21 heavy (non-hydrogen) atoms. The first-order valence-electron chi connectivity index (χ1n) is 5.86. The summed E-state index contributed by atoms with van der Waals surface area (Å²) in [5, 5.41) is 11.6. The summed E-state index contributed by atoms with van der Waals surface area (Å²) in [6.45, 7) is 0.295. The number of anilines is 1. The van der Waals surface area contributed by atoms with Gasteiger partial charge in [0.2, 0.25) is 0 Å². The third-order valence-corrected chi connectivity index (χ3v) is 3.03. The Bertz CT molecular complexity index is 676. The molecule has 0 saturated heterocycles. The minimum Gasteiger partial charge on any atom is -0.454 e. The number of rotatable bonds is 4. The topological polar surface area (TPSA) is 61.9 Å². The van der Waals surface area contributed by atoms with Crippen LogP contribution < -0.4 is 5.32 Å². The first kappa shape index (κ1) is 15.4. The molecule has 8 heteroatoms. The lowest BCUT2D eigenvalue weighted by atomic mass is 10.2. The van der Waals surface area contributed by atoms with Crippen LogP contribution in [0.15, 0.2) is 33.4 Å². The predicted octanol–water partition coefficient (Wildman–Crippen LogP) is 3.98. The molecule has 0 saturated carbocycles. The van der Waals surface area contributed by atoms with E-state index in [0.29, 0.717) is 23.4 Å². The molecular weight excluding hydrogens is 351 g/mol. The van der Waals surface area contributed by atoms with Crippen molar-refractivity contribution in [2.45, 2.75) is 12.6 Å². The number of halogens is 4. The van der Waals surface area contributed by atoms with Gasteiger partial charge in [0.25, 0.3) is 0 Å². The molecule has 2 heterocycles. The van der Waals surface area contributed by atoms with Crippen LogP contribution >= 0.6 is 15.9 Å². The Kier molecular flexibility index (Phi) is 4.53. The summed E-state index contributed by atoms with van der Waals surface area (Å²) in [6.07, 6.45) is -4.09. The highest BCUT2D eigenvalue weighted by atomic mass is 79.9. The average Bonchev–Trinajstić information content (AvgIpc) is 2.83. The van der Waals surface area contributed by atoms with Crippen LogP contribution in [-0.2, 0) is 12.6 Å². The summed E-state index contributed by atoms with van der Waals surface area (Å²) in [6, 6.07) is 7.16. The summed E-state index contributed by atoms with van der Waals surface area (Å²) in [7, 11) is 0. The van der Waals surface area contributed by atoms with E-state index in [9.17, 15) is 13.2 Å². The average molecular weight is 360 g/mol. The SMILES string of the molecule is N#Cc1ccc(C(F)(F)F)nc1NCCc1ccc(Br)o1. The third-order valence-electron chi connectivity index (χ3n) is 2.60. The molecule has 0 aliphatic rings. The molecule has 2 aromatic heterocycles. The fraction of sp³-hybridized carbons (Fsp3) is 0.231. The van der Waals surface area contributed by atoms with E-state index >= 15 is 0 Å². The van der Waals surface area contributed by atoms with Crippen molar-refractivity contribution in [3.63, 3.8) is 0 Å². The molecule has 2 rings (SSSR count). The Morgan fingerprint density at radius 1 is 1.29 bits per heavy atom. The van der Waals surface area contributed by atoms with Crippen molar-refractivity contribution >= 4 is 21.7 Å². The summed E-state index contributed by atoms with van der Waals surface area (Å²) in [5.74, 6) is 0.581. The van der Waals surface area contributed by atoms with E-state index in [-0.39, 0.29) is 11.4 Å². The zero-order valence-electron chi connectivity index (χ0n) is 10.5. The number of hydrogen-bond donors (Lipinski definition) is 1. The number of nitrogens with one attached hydrogen (secondary N) is 1. The second kappa shape index (κ2) is 6.18. The molecule has 0 fully saturated rings. The monoisotopic (exact) mass is 359 g/mol. The zero-order valence-corrected chi connectivity index (χ0v) is 12.1. The highest BCUT2D eigenvalue weighted by Crippen LogP contribution is 2.29. The number of nitrogens with zero attached hydrogens (tertiary/aromatic N) is 2. The molecule has 4 nitrogen and oxygen atoms in total. The number of pyridine rings is 1. The van der Waals surface area contributed by atoms with Gasteiger partial charge in [-0.2, -0.15) is 18.4 Å². The Labute approximate surface area is 126 Å². The molecule has 0 amide bonds. The molecule has 0 aliphatic carbocycles.